The number of carbonyl (C=O) groups is 1. The van der Waals surface area contributed by atoms with Crippen LogP contribution in [0.15, 0.2) is 52.9 Å². The number of hydrogen-bond acceptors (Lipinski definition) is 6. The summed E-state index contributed by atoms with van der Waals surface area (Å²) in [6.07, 6.45) is 3.60. The van der Waals surface area contributed by atoms with Crippen LogP contribution in [0.1, 0.15) is 34.4 Å². The third-order valence-electron chi connectivity index (χ3n) is 5.30. The molecule has 0 N–H and O–H groups in total. The first-order valence-corrected chi connectivity index (χ1v) is 11.1. The van der Waals surface area contributed by atoms with Crippen molar-refractivity contribution in [3.63, 3.8) is 0 Å². The molecule has 33 heavy (non-hydrogen) atoms. The topological polar surface area (TPSA) is 82.6 Å². The van der Waals surface area contributed by atoms with E-state index in [1.54, 1.807) is 35.2 Å². The summed E-state index contributed by atoms with van der Waals surface area (Å²) >= 11 is 6.17. The van der Waals surface area contributed by atoms with E-state index in [1.165, 1.54) is 0 Å². The Bertz CT molecular complexity index is 1190. The summed E-state index contributed by atoms with van der Waals surface area (Å²) in [6, 6.07) is 16.8. The van der Waals surface area contributed by atoms with Gasteiger partial charge in [-0.2, -0.15) is 10.2 Å². The van der Waals surface area contributed by atoms with Crippen molar-refractivity contribution in [1.29, 1.82) is 5.26 Å². The predicted molar refractivity (Wildman–Crippen MR) is 127 cm³/mol. The van der Waals surface area contributed by atoms with Crippen LogP contribution in [0.5, 0.6) is 5.75 Å². The molecule has 1 fully saturated rings. The highest BCUT2D eigenvalue weighted by Gasteiger charge is 2.27. The normalized spacial score (nSPS) is 13.8. The van der Waals surface area contributed by atoms with Gasteiger partial charge in [0.15, 0.2) is 0 Å². The zero-order valence-electron chi connectivity index (χ0n) is 18.2. The first-order chi connectivity index (χ1) is 16.1. The van der Waals surface area contributed by atoms with Crippen molar-refractivity contribution in [2.45, 2.75) is 6.92 Å². The first kappa shape index (κ1) is 22.4. The zero-order valence-corrected chi connectivity index (χ0v) is 19.0. The maximum Gasteiger partial charge on any atom is 0.255 e. The largest absolute Gasteiger partial charge is 0.494 e. The van der Waals surface area contributed by atoms with Gasteiger partial charge in [0.1, 0.15) is 11.8 Å². The molecule has 0 bridgehead atoms. The van der Waals surface area contributed by atoms with Gasteiger partial charge in [0.05, 0.1) is 17.2 Å². The second-order valence-electron chi connectivity index (χ2n) is 7.41. The summed E-state index contributed by atoms with van der Waals surface area (Å²) in [5, 5.41) is 9.97. The van der Waals surface area contributed by atoms with E-state index in [9.17, 15) is 10.1 Å². The average Bonchev–Trinajstić information content (AvgIpc) is 3.27. The summed E-state index contributed by atoms with van der Waals surface area (Å²) in [4.78, 5) is 20.8. The molecule has 2 heterocycles. The lowest BCUT2D eigenvalue weighted by molar-refractivity contribution is 0.0745. The van der Waals surface area contributed by atoms with Gasteiger partial charge in [-0.25, -0.2) is 0 Å². The number of nitrogens with zero attached hydrogens (tertiary/aromatic N) is 4. The van der Waals surface area contributed by atoms with Crippen molar-refractivity contribution < 1.29 is 13.9 Å². The van der Waals surface area contributed by atoms with E-state index >= 15 is 0 Å². The first-order valence-electron chi connectivity index (χ1n) is 10.7. The second kappa shape index (κ2) is 10.2. The van der Waals surface area contributed by atoms with Gasteiger partial charge in [-0.1, -0.05) is 35.9 Å². The van der Waals surface area contributed by atoms with E-state index in [-0.39, 0.29) is 11.6 Å². The Hall–Kier alpha value is -3.76. The second-order valence-corrected chi connectivity index (χ2v) is 7.82. The van der Waals surface area contributed by atoms with Gasteiger partial charge in [0, 0.05) is 32.3 Å². The van der Waals surface area contributed by atoms with Crippen LogP contribution >= 0.6 is 11.6 Å². The minimum absolute atomic E-state index is 0.0997. The summed E-state index contributed by atoms with van der Waals surface area (Å²) in [6.45, 7) is 4.61. The summed E-state index contributed by atoms with van der Waals surface area (Å²) < 4.78 is 11.3. The van der Waals surface area contributed by atoms with Crippen LogP contribution in [0.2, 0.25) is 5.02 Å². The van der Waals surface area contributed by atoms with Crippen molar-refractivity contribution in [2.75, 3.05) is 37.7 Å². The molecule has 7 nitrogen and oxygen atoms in total. The molecule has 1 aliphatic heterocycles. The average molecular weight is 463 g/mol. The van der Waals surface area contributed by atoms with Crippen molar-refractivity contribution in [3.8, 4) is 11.8 Å². The molecule has 0 radical (unpaired) electrons. The monoisotopic (exact) mass is 462 g/mol. The SMILES string of the molecule is CCOc1ccc(/C=C/c2nc(C#N)c(N3CCN(C(=O)c4ccccc4Cl)CC3)o2)cc1. The molecule has 0 atom stereocenters. The van der Waals surface area contributed by atoms with Crippen molar-refractivity contribution in [1.82, 2.24) is 9.88 Å². The highest BCUT2D eigenvalue weighted by Crippen LogP contribution is 2.25. The van der Waals surface area contributed by atoms with Gasteiger partial charge in [0.2, 0.25) is 17.5 Å². The number of amides is 1. The molecule has 8 heteroatoms. The fourth-order valence-electron chi connectivity index (χ4n) is 3.61. The number of ether oxygens (including phenoxy) is 1. The Kier molecular flexibility index (Phi) is 6.96. The molecule has 1 aromatic heterocycles. The quantitative estimate of drug-likeness (QED) is 0.526. The number of piperazine rings is 1. The van der Waals surface area contributed by atoms with Gasteiger partial charge < -0.3 is 19.0 Å². The number of carbonyl (C=O) groups excluding carboxylic acids is 1. The number of aromatic nitrogens is 1. The number of rotatable bonds is 6. The molecule has 168 valence electrons. The van der Waals surface area contributed by atoms with Gasteiger partial charge in [-0.3, -0.25) is 4.79 Å². The van der Waals surface area contributed by atoms with Crippen LogP contribution in [-0.2, 0) is 0 Å². The minimum Gasteiger partial charge on any atom is -0.494 e. The molecule has 0 unspecified atom stereocenters. The number of halogens is 1. The zero-order chi connectivity index (χ0) is 23.2. The van der Waals surface area contributed by atoms with E-state index in [0.717, 1.165) is 11.3 Å². The summed E-state index contributed by atoms with van der Waals surface area (Å²) in [7, 11) is 0. The molecule has 4 rings (SSSR count). The number of anilines is 1. The lowest BCUT2D eigenvalue weighted by atomic mass is 10.2. The lowest BCUT2D eigenvalue weighted by Crippen LogP contribution is -2.49. The number of benzene rings is 2. The van der Waals surface area contributed by atoms with Crippen LogP contribution in [0.4, 0.5) is 5.88 Å². The van der Waals surface area contributed by atoms with Crippen molar-refractivity contribution >= 4 is 35.5 Å². The molecular weight excluding hydrogens is 440 g/mol. The van der Waals surface area contributed by atoms with Gasteiger partial charge >= 0.3 is 0 Å². The van der Waals surface area contributed by atoms with E-state index < -0.39 is 0 Å². The highest BCUT2D eigenvalue weighted by molar-refractivity contribution is 6.33. The number of nitriles is 1. The van der Waals surface area contributed by atoms with Crippen LogP contribution in [0, 0.1) is 11.3 Å². The Balaban J connectivity index is 1.42. The fourth-order valence-corrected chi connectivity index (χ4v) is 3.83. The molecule has 3 aromatic rings. The number of oxazole rings is 1. The molecular formula is C25H23ClN4O3. The summed E-state index contributed by atoms with van der Waals surface area (Å²) in [5.41, 5.74) is 1.68. The maximum absolute atomic E-state index is 12.8. The Morgan fingerprint density at radius 1 is 1.15 bits per heavy atom. The molecule has 1 saturated heterocycles. The van der Waals surface area contributed by atoms with E-state index in [4.69, 9.17) is 20.8 Å². The van der Waals surface area contributed by atoms with Gasteiger partial charge in [-0.15, -0.1) is 0 Å². The minimum atomic E-state index is -0.0997. The summed E-state index contributed by atoms with van der Waals surface area (Å²) in [5.74, 6) is 1.49. The van der Waals surface area contributed by atoms with Crippen molar-refractivity contribution in [2.24, 2.45) is 0 Å². The smallest absolute Gasteiger partial charge is 0.255 e. The van der Waals surface area contributed by atoms with Crippen LogP contribution < -0.4 is 9.64 Å². The van der Waals surface area contributed by atoms with Crippen LogP contribution in [0.3, 0.4) is 0 Å². The molecule has 0 spiro atoms. The standard InChI is InChI=1S/C25H23ClN4O3/c1-2-32-19-10-7-18(8-11-19)9-12-23-28-22(17-27)25(33-23)30-15-13-29(14-16-30)24(31)20-5-3-4-6-21(20)26/h3-12H,2,13-16H2,1H3/b12-9+. The third kappa shape index (κ3) is 5.18. The van der Waals surface area contributed by atoms with E-state index in [1.807, 2.05) is 42.2 Å². The van der Waals surface area contributed by atoms with Gasteiger partial charge in [-0.05, 0) is 42.8 Å². The van der Waals surface area contributed by atoms with Gasteiger partial charge in [0.25, 0.3) is 5.91 Å². The highest BCUT2D eigenvalue weighted by atomic mass is 35.5. The van der Waals surface area contributed by atoms with E-state index in [0.29, 0.717) is 55.1 Å². The number of hydrogen-bond donors (Lipinski definition) is 0. The Labute approximate surface area is 197 Å². The third-order valence-corrected chi connectivity index (χ3v) is 5.63. The fraction of sp³-hybridized carbons (Fsp3) is 0.240. The van der Waals surface area contributed by atoms with E-state index in [2.05, 4.69) is 11.1 Å². The van der Waals surface area contributed by atoms with Crippen LogP contribution in [-0.4, -0.2) is 48.6 Å². The molecule has 1 aliphatic rings. The molecule has 2 aromatic carbocycles. The molecule has 0 saturated carbocycles. The predicted octanol–water partition coefficient (Wildman–Crippen LogP) is 4.73. The Morgan fingerprint density at radius 2 is 1.88 bits per heavy atom. The van der Waals surface area contributed by atoms with Crippen molar-refractivity contribution in [3.05, 3.63) is 76.3 Å². The van der Waals surface area contributed by atoms with Crippen LogP contribution in [0.25, 0.3) is 12.2 Å². The molecule has 0 aliphatic carbocycles. The Morgan fingerprint density at radius 3 is 2.55 bits per heavy atom. The maximum atomic E-state index is 12.8. The lowest BCUT2D eigenvalue weighted by Gasteiger charge is -2.34. The molecule has 1 amide bonds.